The SMILES string of the molecule is C=CC=O.Sc1ccccc1. The maximum absolute atomic E-state index is 9.06. The zero-order chi connectivity index (χ0) is 8.53. The van der Waals surface area contributed by atoms with Gasteiger partial charge in [0, 0.05) is 4.90 Å². The van der Waals surface area contributed by atoms with Crippen LogP contribution in [-0.2, 0) is 4.79 Å². The van der Waals surface area contributed by atoms with E-state index in [4.69, 9.17) is 4.79 Å². The van der Waals surface area contributed by atoms with Gasteiger partial charge in [0.1, 0.15) is 6.29 Å². The molecule has 0 aromatic heterocycles. The van der Waals surface area contributed by atoms with Crippen molar-refractivity contribution < 1.29 is 4.79 Å². The summed E-state index contributed by atoms with van der Waals surface area (Å²) in [6.07, 6.45) is 1.83. The zero-order valence-corrected chi connectivity index (χ0v) is 7.00. The summed E-state index contributed by atoms with van der Waals surface area (Å²) in [5.74, 6) is 0. The number of thiol groups is 1. The number of aldehydes is 1. The summed E-state index contributed by atoms with van der Waals surface area (Å²) in [4.78, 5) is 10.1. The summed E-state index contributed by atoms with van der Waals surface area (Å²) < 4.78 is 0. The summed E-state index contributed by atoms with van der Waals surface area (Å²) >= 11 is 4.08. The van der Waals surface area contributed by atoms with Crippen LogP contribution in [0.3, 0.4) is 0 Å². The number of carbonyl (C=O) groups is 1. The van der Waals surface area contributed by atoms with Gasteiger partial charge in [0.05, 0.1) is 0 Å². The quantitative estimate of drug-likeness (QED) is 0.385. The molecular formula is C9H10OS. The van der Waals surface area contributed by atoms with Crippen LogP contribution in [0.2, 0.25) is 0 Å². The van der Waals surface area contributed by atoms with Crippen LogP contribution in [-0.4, -0.2) is 6.29 Å². The molecule has 2 heteroatoms. The van der Waals surface area contributed by atoms with Gasteiger partial charge in [-0.3, -0.25) is 4.79 Å². The van der Waals surface area contributed by atoms with E-state index < -0.39 is 0 Å². The maximum atomic E-state index is 9.06. The highest BCUT2D eigenvalue weighted by Gasteiger charge is 1.73. The van der Waals surface area contributed by atoms with Crippen LogP contribution in [0.15, 0.2) is 47.9 Å². The van der Waals surface area contributed by atoms with E-state index in [-0.39, 0.29) is 0 Å². The minimum absolute atomic E-state index is 0.639. The molecule has 0 aliphatic heterocycles. The molecule has 0 N–H and O–H groups in total. The van der Waals surface area contributed by atoms with Crippen molar-refractivity contribution in [2.45, 2.75) is 4.90 Å². The van der Waals surface area contributed by atoms with Crippen molar-refractivity contribution in [2.75, 3.05) is 0 Å². The number of benzene rings is 1. The van der Waals surface area contributed by atoms with Crippen molar-refractivity contribution in [1.82, 2.24) is 0 Å². The Labute approximate surface area is 72.2 Å². The van der Waals surface area contributed by atoms with Gasteiger partial charge >= 0.3 is 0 Å². The monoisotopic (exact) mass is 166 g/mol. The Morgan fingerprint density at radius 3 is 1.91 bits per heavy atom. The minimum atomic E-state index is 0.639. The number of rotatable bonds is 1. The van der Waals surface area contributed by atoms with E-state index in [1.54, 1.807) is 0 Å². The highest BCUT2D eigenvalue weighted by Crippen LogP contribution is 2.00. The first kappa shape index (κ1) is 9.98. The van der Waals surface area contributed by atoms with E-state index in [9.17, 15) is 0 Å². The third kappa shape index (κ3) is 6.87. The van der Waals surface area contributed by atoms with Gasteiger partial charge in [-0.05, 0) is 18.2 Å². The van der Waals surface area contributed by atoms with Gasteiger partial charge in [-0.15, -0.1) is 12.6 Å². The molecule has 0 aliphatic carbocycles. The first-order chi connectivity index (χ1) is 5.31. The average Bonchev–Trinajstić information content (AvgIpc) is 2.07. The molecule has 0 fully saturated rings. The van der Waals surface area contributed by atoms with Crippen molar-refractivity contribution in [2.24, 2.45) is 0 Å². The van der Waals surface area contributed by atoms with Crippen LogP contribution in [0.5, 0.6) is 0 Å². The van der Waals surface area contributed by atoms with Gasteiger partial charge in [0.2, 0.25) is 0 Å². The third-order valence-electron chi connectivity index (χ3n) is 0.852. The second-order valence-electron chi connectivity index (χ2n) is 1.71. The molecule has 0 heterocycles. The van der Waals surface area contributed by atoms with Gasteiger partial charge in [0.25, 0.3) is 0 Å². The number of hydrogen-bond donors (Lipinski definition) is 1. The summed E-state index contributed by atoms with van der Waals surface area (Å²) in [7, 11) is 0. The van der Waals surface area contributed by atoms with Crippen LogP contribution in [0.1, 0.15) is 0 Å². The lowest BCUT2D eigenvalue weighted by Crippen LogP contribution is -1.56. The van der Waals surface area contributed by atoms with Crippen molar-refractivity contribution in [3.63, 3.8) is 0 Å². The van der Waals surface area contributed by atoms with Crippen molar-refractivity contribution in [1.29, 1.82) is 0 Å². The van der Waals surface area contributed by atoms with Crippen molar-refractivity contribution >= 4 is 18.9 Å². The Morgan fingerprint density at radius 1 is 1.27 bits per heavy atom. The summed E-state index contributed by atoms with van der Waals surface area (Å²) in [6, 6.07) is 9.79. The Bertz CT molecular complexity index is 200. The first-order valence-electron chi connectivity index (χ1n) is 3.11. The Morgan fingerprint density at radius 2 is 1.73 bits per heavy atom. The lowest BCUT2D eigenvalue weighted by molar-refractivity contribution is -0.104. The van der Waals surface area contributed by atoms with Crippen LogP contribution in [0.25, 0.3) is 0 Å². The van der Waals surface area contributed by atoms with E-state index in [2.05, 4.69) is 19.2 Å². The molecule has 1 rings (SSSR count). The summed E-state index contributed by atoms with van der Waals surface area (Å²) in [5, 5.41) is 0. The van der Waals surface area contributed by atoms with E-state index in [1.807, 2.05) is 30.3 Å². The van der Waals surface area contributed by atoms with E-state index in [0.29, 0.717) is 6.29 Å². The smallest absolute Gasteiger partial charge is 0.142 e. The van der Waals surface area contributed by atoms with Gasteiger partial charge in [0.15, 0.2) is 0 Å². The third-order valence-corrected chi connectivity index (χ3v) is 1.15. The molecule has 1 aromatic carbocycles. The normalized spacial score (nSPS) is 7.36. The molecule has 0 bridgehead atoms. The second kappa shape index (κ2) is 7.09. The topological polar surface area (TPSA) is 17.1 Å². The minimum Gasteiger partial charge on any atom is -0.299 e. The molecule has 1 aromatic rings. The van der Waals surface area contributed by atoms with Crippen LogP contribution in [0, 0.1) is 0 Å². The largest absolute Gasteiger partial charge is 0.299 e. The van der Waals surface area contributed by atoms with E-state index in [1.165, 1.54) is 6.08 Å². The average molecular weight is 166 g/mol. The molecular weight excluding hydrogens is 156 g/mol. The van der Waals surface area contributed by atoms with Crippen LogP contribution >= 0.6 is 12.6 Å². The standard InChI is InChI=1S/C6H6S.C3H4O/c7-6-4-2-1-3-5-6;1-2-3-4/h1-5,7H;2-3H,1H2. The van der Waals surface area contributed by atoms with Gasteiger partial charge in [-0.25, -0.2) is 0 Å². The predicted octanol–water partition coefficient (Wildman–Crippen LogP) is 2.35. The number of carbonyl (C=O) groups excluding carboxylic acids is 1. The molecule has 0 atom stereocenters. The van der Waals surface area contributed by atoms with E-state index in [0.717, 1.165) is 4.90 Å². The first-order valence-corrected chi connectivity index (χ1v) is 3.56. The highest BCUT2D eigenvalue weighted by molar-refractivity contribution is 7.80. The van der Waals surface area contributed by atoms with Crippen LogP contribution in [0.4, 0.5) is 0 Å². The molecule has 1 nitrogen and oxygen atoms in total. The maximum Gasteiger partial charge on any atom is 0.142 e. The molecule has 0 radical (unpaired) electrons. The second-order valence-corrected chi connectivity index (χ2v) is 2.22. The number of allylic oxidation sites excluding steroid dienone is 1. The molecule has 0 saturated heterocycles. The molecule has 11 heavy (non-hydrogen) atoms. The van der Waals surface area contributed by atoms with Crippen LogP contribution < -0.4 is 0 Å². The van der Waals surface area contributed by atoms with Gasteiger partial charge < -0.3 is 0 Å². The fraction of sp³-hybridized carbons (Fsp3) is 0. The molecule has 0 spiro atoms. The molecule has 58 valence electrons. The Hall–Kier alpha value is -1.02. The zero-order valence-electron chi connectivity index (χ0n) is 6.10. The Balaban J connectivity index is 0.000000218. The molecule has 0 aliphatic rings. The van der Waals surface area contributed by atoms with Crippen molar-refractivity contribution in [3.8, 4) is 0 Å². The fourth-order valence-electron chi connectivity index (χ4n) is 0.428. The lowest BCUT2D eigenvalue weighted by atomic mass is 10.4. The van der Waals surface area contributed by atoms with Gasteiger partial charge in [-0.1, -0.05) is 24.8 Å². The fourth-order valence-corrected chi connectivity index (χ4v) is 0.600. The molecule has 0 saturated carbocycles. The Kier molecular flexibility index (Phi) is 6.43. The number of hydrogen-bond acceptors (Lipinski definition) is 2. The van der Waals surface area contributed by atoms with E-state index >= 15 is 0 Å². The molecule has 0 amide bonds. The van der Waals surface area contributed by atoms with Crippen molar-refractivity contribution in [3.05, 3.63) is 43.0 Å². The highest BCUT2D eigenvalue weighted by atomic mass is 32.1. The predicted molar refractivity (Wildman–Crippen MR) is 50.0 cm³/mol. The molecule has 0 unspecified atom stereocenters. The summed E-state index contributed by atoms with van der Waals surface area (Å²) in [5.41, 5.74) is 0. The van der Waals surface area contributed by atoms with Gasteiger partial charge in [-0.2, -0.15) is 0 Å². The summed E-state index contributed by atoms with van der Waals surface area (Å²) in [6.45, 7) is 3.11. The lowest BCUT2D eigenvalue weighted by Gasteiger charge is -1.81.